The first-order valence-electron chi connectivity index (χ1n) is 9.17. The van der Waals surface area contributed by atoms with Crippen LogP contribution in [0.2, 0.25) is 5.02 Å². The molecule has 28 heavy (non-hydrogen) atoms. The van der Waals surface area contributed by atoms with Gasteiger partial charge in [0.05, 0.1) is 18.0 Å². The third-order valence-electron chi connectivity index (χ3n) is 4.80. The van der Waals surface area contributed by atoms with Gasteiger partial charge in [0, 0.05) is 5.02 Å². The molecule has 0 unspecified atom stereocenters. The highest BCUT2D eigenvalue weighted by molar-refractivity contribution is 7.92. The van der Waals surface area contributed by atoms with Gasteiger partial charge in [0.2, 0.25) is 15.9 Å². The molecule has 2 atom stereocenters. The number of sulfonamides is 1. The van der Waals surface area contributed by atoms with Crippen molar-refractivity contribution < 1.29 is 13.2 Å². The van der Waals surface area contributed by atoms with E-state index in [1.807, 2.05) is 39.0 Å². The Morgan fingerprint density at radius 2 is 1.71 bits per heavy atom. The molecule has 0 heterocycles. The summed E-state index contributed by atoms with van der Waals surface area (Å²) >= 11 is 5.92. The van der Waals surface area contributed by atoms with Crippen LogP contribution in [0.25, 0.3) is 0 Å². The minimum Gasteiger partial charge on any atom is -0.348 e. The fourth-order valence-electron chi connectivity index (χ4n) is 3.08. The molecule has 0 saturated carbocycles. The molecule has 2 aromatic carbocycles. The Kier molecular flexibility index (Phi) is 7.12. The van der Waals surface area contributed by atoms with E-state index in [1.54, 1.807) is 31.2 Å². The van der Waals surface area contributed by atoms with E-state index in [4.69, 9.17) is 11.6 Å². The van der Waals surface area contributed by atoms with Gasteiger partial charge in [-0.1, -0.05) is 36.7 Å². The summed E-state index contributed by atoms with van der Waals surface area (Å²) in [5, 5.41) is 3.45. The lowest BCUT2D eigenvalue weighted by atomic mass is 10.0. The highest BCUT2D eigenvalue weighted by Crippen LogP contribution is 2.25. The van der Waals surface area contributed by atoms with Crippen molar-refractivity contribution in [3.05, 3.63) is 64.2 Å². The van der Waals surface area contributed by atoms with E-state index in [9.17, 15) is 13.2 Å². The zero-order valence-corrected chi connectivity index (χ0v) is 18.4. The maximum Gasteiger partial charge on any atom is 0.244 e. The Morgan fingerprint density at radius 1 is 1.11 bits per heavy atom. The highest BCUT2D eigenvalue weighted by Gasteiger charge is 2.32. The maximum absolute atomic E-state index is 13.0. The van der Waals surface area contributed by atoms with Crippen LogP contribution in [0.5, 0.6) is 0 Å². The van der Waals surface area contributed by atoms with E-state index < -0.39 is 16.1 Å². The van der Waals surface area contributed by atoms with Crippen LogP contribution in [0.4, 0.5) is 5.69 Å². The highest BCUT2D eigenvalue weighted by atomic mass is 35.5. The standard InChI is InChI=1S/C21H27ClN2O3S/c1-6-20(24(28(5,26)27)19-11-9-18(22)10-12-19)21(25)23-16(4)17-8-7-14(2)15(3)13-17/h7-13,16,20H,6H2,1-5H3,(H,23,25)/t16-,20-/m1/s1. The van der Waals surface area contributed by atoms with Crippen molar-refractivity contribution in [2.24, 2.45) is 0 Å². The molecule has 0 aliphatic heterocycles. The first-order valence-corrected chi connectivity index (χ1v) is 11.4. The van der Waals surface area contributed by atoms with E-state index in [1.165, 1.54) is 5.56 Å². The number of amides is 1. The van der Waals surface area contributed by atoms with Crippen molar-refractivity contribution in [3.8, 4) is 0 Å². The monoisotopic (exact) mass is 422 g/mol. The van der Waals surface area contributed by atoms with Gasteiger partial charge < -0.3 is 5.32 Å². The number of hydrogen-bond acceptors (Lipinski definition) is 3. The summed E-state index contributed by atoms with van der Waals surface area (Å²) in [7, 11) is -3.67. The molecule has 0 aliphatic rings. The van der Waals surface area contributed by atoms with Gasteiger partial charge >= 0.3 is 0 Å². The van der Waals surface area contributed by atoms with Crippen molar-refractivity contribution >= 4 is 33.2 Å². The molecule has 0 aliphatic carbocycles. The second-order valence-electron chi connectivity index (χ2n) is 7.03. The Morgan fingerprint density at radius 3 is 2.21 bits per heavy atom. The molecule has 2 rings (SSSR count). The zero-order chi connectivity index (χ0) is 21.1. The van der Waals surface area contributed by atoms with Crippen molar-refractivity contribution in [1.29, 1.82) is 0 Å². The lowest BCUT2D eigenvalue weighted by molar-refractivity contribution is -0.122. The Bertz CT molecular complexity index is 943. The number of anilines is 1. The molecule has 0 saturated heterocycles. The van der Waals surface area contributed by atoms with Gasteiger partial charge in [0.25, 0.3) is 0 Å². The predicted molar refractivity (Wildman–Crippen MR) is 115 cm³/mol. The molecule has 0 radical (unpaired) electrons. The molecule has 5 nitrogen and oxygen atoms in total. The van der Waals surface area contributed by atoms with Crippen LogP contribution in [-0.4, -0.2) is 26.6 Å². The normalized spacial score (nSPS) is 13.6. The lowest BCUT2D eigenvalue weighted by Crippen LogP contribution is -2.49. The van der Waals surface area contributed by atoms with Crippen molar-refractivity contribution in [1.82, 2.24) is 5.32 Å². The van der Waals surface area contributed by atoms with E-state index in [0.29, 0.717) is 17.1 Å². The minimum atomic E-state index is -3.67. The summed E-state index contributed by atoms with van der Waals surface area (Å²) < 4.78 is 26.1. The lowest BCUT2D eigenvalue weighted by Gasteiger charge is -2.31. The third-order valence-corrected chi connectivity index (χ3v) is 6.23. The second kappa shape index (κ2) is 8.97. The Labute approximate surface area is 172 Å². The van der Waals surface area contributed by atoms with Crippen LogP contribution in [0.3, 0.4) is 0 Å². The topological polar surface area (TPSA) is 66.5 Å². The molecule has 2 aromatic rings. The second-order valence-corrected chi connectivity index (χ2v) is 9.33. The van der Waals surface area contributed by atoms with Crippen LogP contribution in [0, 0.1) is 13.8 Å². The van der Waals surface area contributed by atoms with E-state index in [-0.39, 0.29) is 11.9 Å². The molecule has 0 aromatic heterocycles. The summed E-state index contributed by atoms with van der Waals surface area (Å²) in [5.74, 6) is -0.339. The van der Waals surface area contributed by atoms with Crippen LogP contribution in [0.15, 0.2) is 42.5 Å². The molecule has 0 bridgehead atoms. The number of benzene rings is 2. The van der Waals surface area contributed by atoms with Crippen molar-refractivity contribution in [2.45, 2.75) is 46.2 Å². The number of halogens is 1. The summed E-state index contributed by atoms with van der Waals surface area (Å²) in [5.41, 5.74) is 3.71. The van der Waals surface area contributed by atoms with Crippen LogP contribution < -0.4 is 9.62 Å². The molecule has 0 spiro atoms. The smallest absolute Gasteiger partial charge is 0.244 e. The number of rotatable bonds is 7. The summed E-state index contributed by atoms with van der Waals surface area (Å²) in [6.07, 6.45) is 1.44. The molecule has 1 amide bonds. The third kappa shape index (κ3) is 5.26. The van der Waals surface area contributed by atoms with Gasteiger partial charge in [0.1, 0.15) is 6.04 Å². The molecule has 7 heteroatoms. The Hall–Kier alpha value is -2.05. The van der Waals surface area contributed by atoms with Crippen molar-refractivity contribution in [3.63, 3.8) is 0 Å². The largest absolute Gasteiger partial charge is 0.348 e. The number of carbonyl (C=O) groups is 1. The minimum absolute atomic E-state index is 0.243. The maximum atomic E-state index is 13.0. The zero-order valence-electron chi connectivity index (χ0n) is 16.9. The summed E-state index contributed by atoms with van der Waals surface area (Å²) in [6, 6.07) is 11.3. The first kappa shape index (κ1) is 22.2. The fourth-order valence-corrected chi connectivity index (χ4v) is 4.41. The number of nitrogens with zero attached hydrogens (tertiary/aromatic N) is 1. The van der Waals surface area contributed by atoms with Crippen LogP contribution in [-0.2, 0) is 14.8 Å². The van der Waals surface area contributed by atoms with Gasteiger partial charge in [-0.2, -0.15) is 0 Å². The number of hydrogen-bond donors (Lipinski definition) is 1. The number of carbonyl (C=O) groups excluding carboxylic acids is 1. The van der Waals surface area contributed by atoms with Crippen molar-refractivity contribution in [2.75, 3.05) is 10.6 Å². The van der Waals surface area contributed by atoms with Gasteiger partial charge in [-0.15, -0.1) is 0 Å². The van der Waals surface area contributed by atoms with Gasteiger partial charge in [-0.3, -0.25) is 9.10 Å². The average molecular weight is 423 g/mol. The first-order chi connectivity index (χ1) is 13.0. The van der Waals surface area contributed by atoms with E-state index >= 15 is 0 Å². The Balaban J connectivity index is 2.30. The molecule has 1 N–H and O–H groups in total. The number of nitrogens with one attached hydrogen (secondary N) is 1. The van der Waals surface area contributed by atoms with Gasteiger partial charge in [-0.05, 0) is 68.1 Å². The predicted octanol–water partition coefficient (Wildman–Crippen LogP) is 4.38. The SMILES string of the molecule is CC[C@H](C(=O)N[C@H](C)c1ccc(C)c(C)c1)N(c1ccc(Cl)cc1)S(C)(=O)=O. The van der Waals surface area contributed by atoms with Gasteiger partial charge in [-0.25, -0.2) is 8.42 Å². The van der Waals surface area contributed by atoms with E-state index in [0.717, 1.165) is 21.7 Å². The molecule has 152 valence electrons. The molecule has 0 fully saturated rings. The van der Waals surface area contributed by atoms with E-state index in [2.05, 4.69) is 5.32 Å². The quantitative estimate of drug-likeness (QED) is 0.720. The van der Waals surface area contributed by atoms with Gasteiger partial charge in [0.15, 0.2) is 0 Å². The summed E-state index contributed by atoms with van der Waals surface area (Å²) in [6.45, 7) is 7.74. The number of aryl methyl sites for hydroxylation is 2. The van der Waals surface area contributed by atoms with Crippen LogP contribution in [0.1, 0.15) is 43.0 Å². The summed E-state index contributed by atoms with van der Waals surface area (Å²) in [4.78, 5) is 13.0. The molecular formula is C21H27ClN2O3S. The molecular weight excluding hydrogens is 396 g/mol. The van der Waals surface area contributed by atoms with Crippen LogP contribution >= 0.6 is 11.6 Å². The fraction of sp³-hybridized carbons (Fsp3) is 0.381. The average Bonchev–Trinajstić information content (AvgIpc) is 2.61.